The van der Waals surface area contributed by atoms with Crippen LogP contribution in [0.1, 0.15) is 6.42 Å². The van der Waals surface area contributed by atoms with Gasteiger partial charge in [0.05, 0.1) is 18.9 Å². The monoisotopic (exact) mass is 511 g/mol. The van der Waals surface area contributed by atoms with Crippen LogP contribution in [0.3, 0.4) is 0 Å². The van der Waals surface area contributed by atoms with Crippen molar-refractivity contribution in [3.8, 4) is 0 Å². The Hall–Kier alpha value is -2.37. The number of nitrogens with one attached hydrogen (secondary N) is 2. The van der Waals surface area contributed by atoms with Gasteiger partial charge in [-0.15, -0.1) is 0 Å². The van der Waals surface area contributed by atoms with Crippen LogP contribution in [0.5, 0.6) is 0 Å². The Kier molecular flexibility index (Phi) is 12.0. The van der Waals surface area contributed by atoms with Gasteiger partial charge in [0.15, 0.2) is 5.11 Å². The summed E-state index contributed by atoms with van der Waals surface area (Å²) < 4.78 is 5.37. The van der Waals surface area contributed by atoms with Crippen LogP contribution in [0, 0.1) is 0 Å². The maximum Gasteiger partial charge on any atom is 0.414 e. The molecular weight excluding hydrogens is 486 g/mol. The van der Waals surface area contributed by atoms with Crippen LogP contribution in [0.4, 0.5) is 5.69 Å². The Morgan fingerprint density at radius 1 is 1.06 bits per heavy atom. The summed E-state index contributed by atoms with van der Waals surface area (Å²) in [5, 5.41) is 22.8. The second kappa shape index (κ2) is 14.7. The molecule has 33 heavy (non-hydrogen) atoms. The third-order valence-corrected chi connectivity index (χ3v) is 5.98. The molecule has 0 aromatic heterocycles. The van der Waals surface area contributed by atoms with Crippen LogP contribution in [0.2, 0.25) is 5.02 Å². The van der Waals surface area contributed by atoms with Gasteiger partial charge in [-0.1, -0.05) is 35.5 Å². The number of rotatable bonds is 7. The summed E-state index contributed by atoms with van der Waals surface area (Å²) in [7, 11) is 0. The van der Waals surface area contributed by atoms with Gasteiger partial charge in [0.1, 0.15) is 0 Å². The summed E-state index contributed by atoms with van der Waals surface area (Å²) in [6.07, 6.45) is 1.06. The maximum absolute atomic E-state index is 9.10. The Morgan fingerprint density at radius 3 is 2.33 bits per heavy atom. The molecule has 0 spiro atoms. The Labute approximate surface area is 207 Å². The van der Waals surface area contributed by atoms with Gasteiger partial charge < -0.3 is 25.6 Å². The number of halogens is 1. The molecule has 0 saturated carbocycles. The van der Waals surface area contributed by atoms with E-state index in [0.29, 0.717) is 5.11 Å². The first-order chi connectivity index (χ1) is 15.8. The van der Waals surface area contributed by atoms with Gasteiger partial charge in [0.25, 0.3) is 0 Å². The summed E-state index contributed by atoms with van der Waals surface area (Å²) in [6, 6.07) is 16.0. The highest BCUT2D eigenvalue weighted by molar-refractivity contribution is 7.99. The summed E-state index contributed by atoms with van der Waals surface area (Å²) in [6.45, 7) is 5.67. The molecular formula is C22H26ClN3O5S2. The van der Waals surface area contributed by atoms with E-state index in [2.05, 4.69) is 21.6 Å². The highest BCUT2D eigenvalue weighted by Crippen LogP contribution is 2.33. The minimum Gasteiger partial charge on any atom is -0.473 e. The average Bonchev–Trinajstić information content (AvgIpc) is 2.80. The lowest BCUT2D eigenvalue weighted by atomic mass is 10.3. The third-order valence-electron chi connectivity index (χ3n) is 4.40. The van der Waals surface area contributed by atoms with Crippen molar-refractivity contribution in [2.75, 3.05) is 44.7 Å². The van der Waals surface area contributed by atoms with Crippen molar-refractivity contribution in [3.63, 3.8) is 0 Å². The molecule has 8 nitrogen and oxygen atoms in total. The molecule has 0 amide bonds. The Balaban J connectivity index is 0.000000569. The van der Waals surface area contributed by atoms with E-state index in [0.717, 1.165) is 66.3 Å². The molecule has 1 saturated heterocycles. The molecule has 0 atom stereocenters. The van der Waals surface area contributed by atoms with E-state index >= 15 is 0 Å². The van der Waals surface area contributed by atoms with E-state index in [9.17, 15) is 0 Å². The molecule has 2 aromatic carbocycles. The smallest absolute Gasteiger partial charge is 0.414 e. The second-order valence-corrected chi connectivity index (χ2v) is 8.81. The lowest BCUT2D eigenvalue weighted by molar-refractivity contribution is -0.159. The number of benzene rings is 2. The van der Waals surface area contributed by atoms with E-state index < -0.39 is 11.9 Å². The van der Waals surface area contributed by atoms with Crippen molar-refractivity contribution in [1.82, 2.24) is 10.2 Å². The fraction of sp³-hybridized carbons (Fsp3) is 0.318. The van der Waals surface area contributed by atoms with Crippen molar-refractivity contribution < 1.29 is 24.5 Å². The molecule has 1 aliphatic heterocycles. The van der Waals surface area contributed by atoms with E-state index in [1.807, 2.05) is 42.5 Å². The number of nitrogens with zero attached hydrogens (tertiary/aromatic N) is 1. The van der Waals surface area contributed by atoms with Crippen molar-refractivity contribution in [2.24, 2.45) is 0 Å². The van der Waals surface area contributed by atoms with Gasteiger partial charge in [-0.3, -0.25) is 4.90 Å². The fourth-order valence-corrected chi connectivity index (χ4v) is 4.02. The Morgan fingerprint density at radius 2 is 1.70 bits per heavy atom. The number of aliphatic carboxylic acids is 2. The van der Waals surface area contributed by atoms with Crippen LogP contribution in [0.15, 0.2) is 58.3 Å². The summed E-state index contributed by atoms with van der Waals surface area (Å²) in [4.78, 5) is 22.9. The number of anilines is 1. The zero-order valence-corrected chi connectivity index (χ0v) is 20.2. The average molecular weight is 512 g/mol. The fourth-order valence-electron chi connectivity index (χ4n) is 2.78. The predicted octanol–water partition coefficient (Wildman–Crippen LogP) is 3.66. The molecule has 0 aliphatic carbocycles. The minimum absolute atomic E-state index is 0.654. The van der Waals surface area contributed by atoms with Crippen LogP contribution in [-0.2, 0) is 14.3 Å². The van der Waals surface area contributed by atoms with Crippen LogP contribution < -0.4 is 10.6 Å². The number of thiocarbonyl (C=S) groups is 1. The van der Waals surface area contributed by atoms with E-state index in [-0.39, 0.29) is 0 Å². The SMILES string of the molecule is O=C(O)C(=O)O.S=C(NCCCN1CCOCC1)Nc1ccccc1Sc1ccc(Cl)cc1. The first-order valence-corrected chi connectivity index (χ1v) is 11.8. The molecule has 0 unspecified atom stereocenters. The van der Waals surface area contributed by atoms with Gasteiger partial charge in [0, 0.05) is 34.4 Å². The zero-order chi connectivity index (χ0) is 24.1. The first-order valence-electron chi connectivity index (χ1n) is 10.2. The minimum atomic E-state index is -1.82. The van der Waals surface area contributed by atoms with Crippen molar-refractivity contribution in [1.29, 1.82) is 0 Å². The largest absolute Gasteiger partial charge is 0.473 e. The third kappa shape index (κ3) is 10.9. The number of hydrogen-bond acceptors (Lipinski definition) is 6. The number of carboxylic acid groups (broad SMARTS) is 2. The van der Waals surface area contributed by atoms with E-state index in [1.165, 1.54) is 0 Å². The summed E-state index contributed by atoms with van der Waals surface area (Å²) in [5.74, 6) is -3.65. The standard InChI is InChI=1S/C20H24ClN3OS2.C2H2O4/c21-16-6-8-17(9-7-16)27-19-5-2-1-4-18(19)23-20(26)22-10-3-11-24-12-14-25-15-13-24;3-1(4)2(5)6/h1-2,4-9H,3,10-15H2,(H2,22,23,26);(H,3,4)(H,5,6). The van der Waals surface area contributed by atoms with Gasteiger partial charge in [-0.2, -0.15) is 0 Å². The normalized spacial score (nSPS) is 13.4. The summed E-state index contributed by atoms with van der Waals surface area (Å²) in [5.41, 5.74) is 1.00. The highest BCUT2D eigenvalue weighted by Gasteiger charge is 2.10. The predicted molar refractivity (Wildman–Crippen MR) is 133 cm³/mol. The van der Waals surface area contributed by atoms with Gasteiger partial charge >= 0.3 is 11.9 Å². The molecule has 1 aliphatic rings. The molecule has 4 N–H and O–H groups in total. The Bertz CT molecular complexity index is 913. The lowest BCUT2D eigenvalue weighted by Crippen LogP contribution is -2.38. The van der Waals surface area contributed by atoms with Crippen molar-refractivity contribution >= 4 is 58.3 Å². The molecule has 0 bridgehead atoms. The number of carbonyl (C=O) groups is 2. The topological polar surface area (TPSA) is 111 Å². The lowest BCUT2D eigenvalue weighted by Gasteiger charge is -2.26. The maximum atomic E-state index is 9.10. The molecule has 178 valence electrons. The molecule has 3 rings (SSSR count). The molecule has 1 heterocycles. The zero-order valence-electron chi connectivity index (χ0n) is 17.8. The summed E-state index contributed by atoms with van der Waals surface area (Å²) >= 11 is 13.1. The van der Waals surface area contributed by atoms with Crippen LogP contribution >= 0.6 is 35.6 Å². The highest BCUT2D eigenvalue weighted by atomic mass is 35.5. The number of hydrogen-bond donors (Lipinski definition) is 4. The van der Waals surface area contributed by atoms with Gasteiger partial charge in [0.2, 0.25) is 0 Å². The van der Waals surface area contributed by atoms with Crippen molar-refractivity contribution in [2.45, 2.75) is 16.2 Å². The van der Waals surface area contributed by atoms with Crippen LogP contribution in [-0.4, -0.2) is 71.6 Å². The number of morpholine rings is 1. The van der Waals surface area contributed by atoms with E-state index in [1.54, 1.807) is 11.8 Å². The molecule has 2 aromatic rings. The van der Waals surface area contributed by atoms with Gasteiger partial charge in [-0.05, 0) is 61.6 Å². The van der Waals surface area contributed by atoms with Gasteiger partial charge in [-0.25, -0.2) is 9.59 Å². The quantitative estimate of drug-likeness (QED) is 0.249. The van der Waals surface area contributed by atoms with Crippen molar-refractivity contribution in [3.05, 3.63) is 53.6 Å². The first kappa shape index (κ1) is 26.9. The number of ether oxygens (including phenoxy) is 1. The van der Waals surface area contributed by atoms with Crippen LogP contribution in [0.25, 0.3) is 0 Å². The number of carboxylic acids is 2. The van der Waals surface area contributed by atoms with E-state index in [4.69, 9.17) is 48.4 Å². The molecule has 11 heteroatoms. The molecule has 0 radical (unpaired) electrons. The number of para-hydroxylation sites is 1. The second-order valence-electron chi connectivity index (χ2n) is 6.85. The molecule has 1 fully saturated rings.